The third-order valence-corrected chi connectivity index (χ3v) is 4.60. The monoisotopic (exact) mass is 239 g/mol. The number of hydrogen-bond acceptors (Lipinski definition) is 3. The molecular formula is C14H29N3. The van der Waals surface area contributed by atoms with Crippen LogP contribution in [0, 0.1) is 0 Å². The Morgan fingerprint density at radius 1 is 1.18 bits per heavy atom. The maximum Gasteiger partial charge on any atom is 0.0250 e. The van der Waals surface area contributed by atoms with Crippen molar-refractivity contribution in [2.75, 3.05) is 39.3 Å². The van der Waals surface area contributed by atoms with Gasteiger partial charge in [0.25, 0.3) is 0 Å². The van der Waals surface area contributed by atoms with Crippen LogP contribution in [0.15, 0.2) is 0 Å². The molecule has 0 bridgehead atoms. The summed E-state index contributed by atoms with van der Waals surface area (Å²) >= 11 is 0. The summed E-state index contributed by atoms with van der Waals surface area (Å²) in [5, 5.41) is 3.71. The predicted octanol–water partition coefficient (Wildman–Crippen LogP) is 1.54. The van der Waals surface area contributed by atoms with E-state index in [0.717, 1.165) is 12.1 Å². The van der Waals surface area contributed by atoms with E-state index in [4.69, 9.17) is 0 Å². The minimum atomic E-state index is 0.786. The van der Waals surface area contributed by atoms with Crippen LogP contribution in [0.4, 0.5) is 0 Å². The van der Waals surface area contributed by atoms with Crippen LogP contribution in [0.25, 0.3) is 0 Å². The van der Waals surface area contributed by atoms with Gasteiger partial charge in [-0.25, -0.2) is 0 Å². The number of likely N-dealkylation sites (N-methyl/N-ethyl adjacent to an activating group) is 1. The summed E-state index contributed by atoms with van der Waals surface area (Å²) in [7, 11) is 0. The van der Waals surface area contributed by atoms with E-state index in [0.29, 0.717) is 0 Å². The highest BCUT2D eigenvalue weighted by atomic mass is 15.3. The molecule has 3 nitrogen and oxygen atoms in total. The van der Waals surface area contributed by atoms with Crippen LogP contribution in [0.5, 0.6) is 0 Å². The van der Waals surface area contributed by atoms with Gasteiger partial charge in [-0.3, -0.25) is 4.90 Å². The fourth-order valence-corrected chi connectivity index (χ4v) is 3.43. The second kappa shape index (κ2) is 6.72. The first-order chi connectivity index (χ1) is 8.35. The fraction of sp³-hybridized carbons (Fsp3) is 1.00. The maximum atomic E-state index is 3.71. The molecule has 1 saturated heterocycles. The molecule has 2 atom stereocenters. The number of fused-ring (bicyclic) bond motifs is 1. The largest absolute Gasteiger partial charge is 0.311 e. The molecule has 1 aliphatic heterocycles. The van der Waals surface area contributed by atoms with Crippen LogP contribution in [-0.2, 0) is 0 Å². The third-order valence-electron chi connectivity index (χ3n) is 4.60. The molecule has 0 aromatic heterocycles. The maximum absolute atomic E-state index is 3.71. The average molecular weight is 239 g/mol. The Kier molecular flexibility index (Phi) is 5.26. The summed E-state index contributed by atoms with van der Waals surface area (Å²) in [6, 6.07) is 1.61. The number of hydrogen-bond donors (Lipinski definition) is 1. The van der Waals surface area contributed by atoms with E-state index in [1.807, 2.05) is 0 Å². The molecule has 0 spiro atoms. The van der Waals surface area contributed by atoms with Crippen molar-refractivity contribution in [3.05, 3.63) is 0 Å². The van der Waals surface area contributed by atoms with Crippen LogP contribution in [-0.4, -0.2) is 61.2 Å². The second-order valence-corrected chi connectivity index (χ2v) is 5.48. The molecule has 0 aromatic rings. The molecule has 1 aliphatic carbocycles. The zero-order valence-electron chi connectivity index (χ0n) is 11.6. The van der Waals surface area contributed by atoms with Gasteiger partial charge in [0, 0.05) is 38.3 Å². The second-order valence-electron chi connectivity index (χ2n) is 5.48. The first kappa shape index (κ1) is 13.3. The van der Waals surface area contributed by atoms with E-state index >= 15 is 0 Å². The summed E-state index contributed by atoms with van der Waals surface area (Å²) in [5.74, 6) is 0. The highest BCUT2D eigenvalue weighted by Gasteiger charge is 2.32. The van der Waals surface area contributed by atoms with Crippen molar-refractivity contribution in [3.63, 3.8) is 0 Å². The zero-order valence-corrected chi connectivity index (χ0v) is 11.6. The summed E-state index contributed by atoms with van der Waals surface area (Å²) in [6.45, 7) is 11.9. The summed E-state index contributed by atoms with van der Waals surface area (Å²) < 4.78 is 0. The highest BCUT2D eigenvalue weighted by molar-refractivity contribution is 4.92. The SMILES string of the molecule is CCN(CC)CCN1CCN[C@H]2CCCC[C@H]21. The average Bonchev–Trinajstić information content (AvgIpc) is 2.40. The molecule has 17 heavy (non-hydrogen) atoms. The first-order valence-corrected chi connectivity index (χ1v) is 7.55. The highest BCUT2D eigenvalue weighted by Crippen LogP contribution is 2.25. The molecule has 100 valence electrons. The number of nitrogens with zero attached hydrogens (tertiary/aromatic N) is 2. The van der Waals surface area contributed by atoms with Crippen molar-refractivity contribution in [2.45, 2.75) is 51.6 Å². The van der Waals surface area contributed by atoms with Crippen LogP contribution in [0.3, 0.4) is 0 Å². The van der Waals surface area contributed by atoms with Crippen molar-refractivity contribution in [1.29, 1.82) is 0 Å². The van der Waals surface area contributed by atoms with Gasteiger partial charge >= 0.3 is 0 Å². The van der Waals surface area contributed by atoms with E-state index in [1.54, 1.807) is 0 Å². The molecule has 1 saturated carbocycles. The van der Waals surface area contributed by atoms with Crippen LogP contribution in [0.1, 0.15) is 39.5 Å². The Bertz CT molecular complexity index is 214. The van der Waals surface area contributed by atoms with Crippen LogP contribution < -0.4 is 5.32 Å². The van der Waals surface area contributed by atoms with Gasteiger partial charge in [-0.2, -0.15) is 0 Å². The van der Waals surface area contributed by atoms with Gasteiger partial charge in [0.2, 0.25) is 0 Å². The Labute approximate surface area is 107 Å². The molecule has 0 aromatic carbocycles. The minimum absolute atomic E-state index is 0.786. The normalized spacial score (nSPS) is 30.5. The van der Waals surface area contributed by atoms with Gasteiger partial charge < -0.3 is 10.2 Å². The Morgan fingerprint density at radius 3 is 2.71 bits per heavy atom. The lowest BCUT2D eigenvalue weighted by Gasteiger charge is -2.45. The smallest absolute Gasteiger partial charge is 0.0250 e. The molecule has 0 unspecified atom stereocenters. The third kappa shape index (κ3) is 3.43. The van der Waals surface area contributed by atoms with Gasteiger partial charge in [0.15, 0.2) is 0 Å². The Balaban J connectivity index is 1.82. The molecule has 1 heterocycles. The van der Waals surface area contributed by atoms with Crippen molar-refractivity contribution in [3.8, 4) is 0 Å². The standard InChI is InChI=1S/C14H29N3/c1-3-16(4-2)11-12-17-10-9-15-13-7-5-6-8-14(13)17/h13-15H,3-12H2,1-2H3/t13-,14+/m0/s1. The van der Waals surface area contributed by atoms with E-state index in [9.17, 15) is 0 Å². The number of rotatable bonds is 5. The number of nitrogens with one attached hydrogen (secondary N) is 1. The lowest BCUT2D eigenvalue weighted by atomic mass is 9.87. The first-order valence-electron chi connectivity index (χ1n) is 7.55. The van der Waals surface area contributed by atoms with Crippen molar-refractivity contribution in [1.82, 2.24) is 15.1 Å². The number of piperazine rings is 1. The minimum Gasteiger partial charge on any atom is -0.311 e. The summed E-state index contributed by atoms with van der Waals surface area (Å²) in [5.41, 5.74) is 0. The predicted molar refractivity (Wildman–Crippen MR) is 73.4 cm³/mol. The molecule has 1 N–H and O–H groups in total. The molecular weight excluding hydrogens is 210 g/mol. The quantitative estimate of drug-likeness (QED) is 0.785. The van der Waals surface area contributed by atoms with Gasteiger partial charge in [-0.1, -0.05) is 26.7 Å². The molecule has 3 heteroatoms. The van der Waals surface area contributed by atoms with Gasteiger partial charge in [0.1, 0.15) is 0 Å². The van der Waals surface area contributed by atoms with Gasteiger partial charge in [-0.15, -0.1) is 0 Å². The summed E-state index contributed by atoms with van der Waals surface area (Å²) in [6.07, 6.45) is 5.67. The fourth-order valence-electron chi connectivity index (χ4n) is 3.43. The van der Waals surface area contributed by atoms with E-state index in [2.05, 4.69) is 29.0 Å². The van der Waals surface area contributed by atoms with Crippen molar-refractivity contribution >= 4 is 0 Å². The molecule has 0 amide bonds. The van der Waals surface area contributed by atoms with E-state index in [-0.39, 0.29) is 0 Å². The van der Waals surface area contributed by atoms with E-state index < -0.39 is 0 Å². The van der Waals surface area contributed by atoms with Gasteiger partial charge in [0.05, 0.1) is 0 Å². The molecule has 0 radical (unpaired) electrons. The molecule has 2 fully saturated rings. The zero-order chi connectivity index (χ0) is 12.1. The van der Waals surface area contributed by atoms with Gasteiger partial charge in [-0.05, 0) is 25.9 Å². The van der Waals surface area contributed by atoms with Crippen LogP contribution in [0.2, 0.25) is 0 Å². The Hall–Kier alpha value is -0.120. The Morgan fingerprint density at radius 2 is 1.94 bits per heavy atom. The van der Waals surface area contributed by atoms with Crippen molar-refractivity contribution < 1.29 is 0 Å². The molecule has 2 aliphatic rings. The van der Waals surface area contributed by atoms with E-state index in [1.165, 1.54) is 65.0 Å². The molecule has 2 rings (SSSR count). The lowest BCUT2D eigenvalue weighted by molar-refractivity contribution is 0.0778. The lowest BCUT2D eigenvalue weighted by Crippen LogP contribution is -2.59. The van der Waals surface area contributed by atoms with Crippen LogP contribution >= 0.6 is 0 Å². The van der Waals surface area contributed by atoms with Crippen molar-refractivity contribution in [2.24, 2.45) is 0 Å². The summed E-state index contributed by atoms with van der Waals surface area (Å²) in [4.78, 5) is 5.29. The topological polar surface area (TPSA) is 18.5 Å².